The van der Waals surface area contributed by atoms with Crippen LogP contribution in [0.2, 0.25) is 0 Å². The second-order valence-corrected chi connectivity index (χ2v) is 5.03. The molecule has 0 unspecified atom stereocenters. The maximum absolute atomic E-state index is 11.4. The van der Waals surface area contributed by atoms with Gasteiger partial charge in [-0.25, -0.2) is 0 Å². The molecule has 0 aromatic heterocycles. The first kappa shape index (κ1) is 16.1. The maximum atomic E-state index is 11.4. The fraction of sp³-hybridized carbons (Fsp3) is 0.500. The highest BCUT2D eigenvalue weighted by Gasteiger charge is 2.10. The lowest BCUT2D eigenvalue weighted by Gasteiger charge is -2.09. The fourth-order valence-corrected chi connectivity index (χ4v) is 1.79. The molecule has 2 N–H and O–H groups in total. The second kappa shape index (κ2) is 7.59. The van der Waals surface area contributed by atoms with E-state index in [1.54, 1.807) is 19.1 Å². The van der Waals surface area contributed by atoms with Crippen LogP contribution in [0.3, 0.4) is 0 Å². The number of nitro benzene ring substituents is 1. The highest BCUT2D eigenvalue weighted by atomic mass is 16.6. The van der Waals surface area contributed by atoms with Gasteiger partial charge in [-0.15, -0.1) is 0 Å². The van der Waals surface area contributed by atoms with Crippen LogP contribution in [0.5, 0.6) is 0 Å². The SMILES string of the molecule is Cc1ccc(CNCCC(=O)NC(C)C)cc1[N+](=O)[O-]. The predicted molar refractivity (Wildman–Crippen MR) is 77.4 cm³/mol. The van der Waals surface area contributed by atoms with Gasteiger partial charge in [0, 0.05) is 37.2 Å². The number of amides is 1. The lowest BCUT2D eigenvalue weighted by molar-refractivity contribution is -0.385. The summed E-state index contributed by atoms with van der Waals surface area (Å²) in [5, 5.41) is 16.7. The van der Waals surface area contributed by atoms with Crippen LogP contribution in [0, 0.1) is 17.0 Å². The molecule has 0 bridgehead atoms. The van der Waals surface area contributed by atoms with E-state index < -0.39 is 0 Å². The van der Waals surface area contributed by atoms with Crippen LogP contribution in [0.25, 0.3) is 0 Å². The van der Waals surface area contributed by atoms with Gasteiger partial charge in [0.1, 0.15) is 0 Å². The van der Waals surface area contributed by atoms with E-state index >= 15 is 0 Å². The van der Waals surface area contributed by atoms with Gasteiger partial charge in [0.25, 0.3) is 5.69 Å². The molecule has 0 aliphatic carbocycles. The van der Waals surface area contributed by atoms with Gasteiger partial charge in [0.15, 0.2) is 0 Å². The standard InChI is InChI=1S/C14H21N3O3/c1-10(2)16-14(18)6-7-15-9-12-5-4-11(3)13(8-12)17(19)20/h4-5,8,10,15H,6-7,9H2,1-3H3,(H,16,18). The number of hydrogen-bond donors (Lipinski definition) is 2. The molecular weight excluding hydrogens is 258 g/mol. The molecule has 0 atom stereocenters. The van der Waals surface area contributed by atoms with Gasteiger partial charge in [0.05, 0.1) is 4.92 Å². The molecule has 110 valence electrons. The summed E-state index contributed by atoms with van der Waals surface area (Å²) in [6, 6.07) is 5.29. The van der Waals surface area contributed by atoms with Gasteiger partial charge in [-0.1, -0.05) is 12.1 Å². The highest BCUT2D eigenvalue weighted by molar-refractivity contribution is 5.76. The third-order valence-electron chi connectivity index (χ3n) is 2.78. The molecule has 0 aliphatic heterocycles. The Hall–Kier alpha value is -1.95. The Balaban J connectivity index is 2.41. The molecule has 1 amide bonds. The molecule has 0 aliphatic rings. The number of rotatable bonds is 7. The third kappa shape index (κ3) is 5.36. The summed E-state index contributed by atoms with van der Waals surface area (Å²) in [6.45, 7) is 6.59. The van der Waals surface area contributed by atoms with E-state index in [1.807, 2.05) is 19.9 Å². The van der Waals surface area contributed by atoms with Crippen molar-refractivity contribution in [3.8, 4) is 0 Å². The minimum Gasteiger partial charge on any atom is -0.354 e. The van der Waals surface area contributed by atoms with Gasteiger partial charge in [0.2, 0.25) is 5.91 Å². The van der Waals surface area contributed by atoms with Crippen LogP contribution < -0.4 is 10.6 Å². The van der Waals surface area contributed by atoms with Crippen molar-refractivity contribution in [2.24, 2.45) is 0 Å². The van der Waals surface area contributed by atoms with Crippen molar-refractivity contribution >= 4 is 11.6 Å². The van der Waals surface area contributed by atoms with Crippen LogP contribution in [-0.4, -0.2) is 23.4 Å². The minimum absolute atomic E-state index is 0.00221. The average molecular weight is 279 g/mol. The summed E-state index contributed by atoms with van der Waals surface area (Å²) in [5.41, 5.74) is 1.61. The first-order valence-electron chi connectivity index (χ1n) is 6.64. The molecule has 0 radical (unpaired) electrons. The van der Waals surface area contributed by atoms with Gasteiger partial charge in [-0.2, -0.15) is 0 Å². The fourth-order valence-electron chi connectivity index (χ4n) is 1.79. The molecule has 1 aromatic carbocycles. The van der Waals surface area contributed by atoms with Crippen molar-refractivity contribution in [2.75, 3.05) is 6.54 Å². The molecule has 1 aromatic rings. The Morgan fingerprint density at radius 1 is 1.40 bits per heavy atom. The largest absolute Gasteiger partial charge is 0.354 e. The highest BCUT2D eigenvalue weighted by Crippen LogP contribution is 2.18. The lowest BCUT2D eigenvalue weighted by atomic mass is 10.1. The van der Waals surface area contributed by atoms with Crippen LogP contribution in [0.1, 0.15) is 31.4 Å². The van der Waals surface area contributed by atoms with Crippen molar-refractivity contribution in [3.63, 3.8) is 0 Å². The van der Waals surface area contributed by atoms with Crippen LogP contribution in [0.15, 0.2) is 18.2 Å². The zero-order chi connectivity index (χ0) is 15.1. The van der Waals surface area contributed by atoms with Crippen molar-refractivity contribution in [1.29, 1.82) is 0 Å². The van der Waals surface area contributed by atoms with Crippen molar-refractivity contribution in [3.05, 3.63) is 39.4 Å². The Labute approximate surface area is 118 Å². The predicted octanol–water partition coefficient (Wildman–Crippen LogP) is 1.91. The molecule has 6 heteroatoms. The average Bonchev–Trinajstić information content (AvgIpc) is 2.35. The number of carbonyl (C=O) groups excluding carboxylic acids is 1. The summed E-state index contributed by atoms with van der Waals surface area (Å²) in [4.78, 5) is 21.9. The summed E-state index contributed by atoms with van der Waals surface area (Å²) >= 11 is 0. The Morgan fingerprint density at radius 3 is 2.70 bits per heavy atom. The molecule has 1 rings (SSSR count). The smallest absolute Gasteiger partial charge is 0.272 e. The Kier molecular flexibility index (Phi) is 6.11. The first-order valence-corrected chi connectivity index (χ1v) is 6.64. The Morgan fingerprint density at radius 2 is 2.10 bits per heavy atom. The first-order chi connectivity index (χ1) is 9.40. The molecule has 0 saturated heterocycles. The van der Waals surface area contributed by atoms with Gasteiger partial charge in [-0.3, -0.25) is 14.9 Å². The monoisotopic (exact) mass is 279 g/mol. The van der Waals surface area contributed by atoms with Crippen LogP contribution in [-0.2, 0) is 11.3 Å². The van der Waals surface area contributed by atoms with Crippen molar-refractivity contribution < 1.29 is 9.72 Å². The number of nitro groups is 1. The van der Waals surface area contributed by atoms with E-state index in [1.165, 1.54) is 0 Å². The van der Waals surface area contributed by atoms with E-state index in [0.29, 0.717) is 25.1 Å². The molecule has 0 saturated carbocycles. The third-order valence-corrected chi connectivity index (χ3v) is 2.78. The number of nitrogens with zero attached hydrogens (tertiary/aromatic N) is 1. The maximum Gasteiger partial charge on any atom is 0.272 e. The molecule has 0 heterocycles. The number of benzene rings is 1. The molecule has 0 fully saturated rings. The van der Waals surface area contributed by atoms with E-state index in [9.17, 15) is 14.9 Å². The van der Waals surface area contributed by atoms with Crippen LogP contribution in [0.4, 0.5) is 5.69 Å². The molecule has 6 nitrogen and oxygen atoms in total. The number of nitrogens with one attached hydrogen (secondary N) is 2. The summed E-state index contributed by atoms with van der Waals surface area (Å²) in [5.74, 6) is 0.00221. The van der Waals surface area contributed by atoms with Crippen LogP contribution >= 0.6 is 0 Å². The normalized spacial score (nSPS) is 10.6. The molecule has 20 heavy (non-hydrogen) atoms. The van der Waals surface area contributed by atoms with Gasteiger partial charge < -0.3 is 10.6 Å². The number of aryl methyl sites for hydroxylation is 1. The van der Waals surface area contributed by atoms with Crippen molar-refractivity contribution in [2.45, 2.75) is 39.8 Å². The zero-order valence-electron chi connectivity index (χ0n) is 12.1. The van der Waals surface area contributed by atoms with E-state index in [-0.39, 0.29) is 22.6 Å². The Bertz CT molecular complexity index is 487. The molecular formula is C14H21N3O3. The zero-order valence-corrected chi connectivity index (χ0v) is 12.1. The van der Waals surface area contributed by atoms with E-state index in [0.717, 1.165) is 5.56 Å². The van der Waals surface area contributed by atoms with Gasteiger partial charge in [-0.05, 0) is 26.3 Å². The number of carbonyl (C=O) groups is 1. The quantitative estimate of drug-likeness (QED) is 0.453. The molecule has 0 spiro atoms. The van der Waals surface area contributed by atoms with E-state index in [2.05, 4.69) is 10.6 Å². The minimum atomic E-state index is -0.380. The second-order valence-electron chi connectivity index (χ2n) is 5.03. The van der Waals surface area contributed by atoms with Gasteiger partial charge >= 0.3 is 0 Å². The summed E-state index contributed by atoms with van der Waals surface area (Å²) in [6.07, 6.45) is 0.395. The number of hydrogen-bond acceptors (Lipinski definition) is 4. The van der Waals surface area contributed by atoms with E-state index in [4.69, 9.17) is 0 Å². The summed E-state index contributed by atoms with van der Waals surface area (Å²) < 4.78 is 0. The summed E-state index contributed by atoms with van der Waals surface area (Å²) in [7, 11) is 0. The topological polar surface area (TPSA) is 84.3 Å². The lowest BCUT2D eigenvalue weighted by Crippen LogP contribution is -2.32. The van der Waals surface area contributed by atoms with Crippen molar-refractivity contribution in [1.82, 2.24) is 10.6 Å².